The van der Waals surface area contributed by atoms with E-state index < -0.39 is 5.67 Å². The van der Waals surface area contributed by atoms with Gasteiger partial charge >= 0.3 is 0 Å². The van der Waals surface area contributed by atoms with Gasteiger partial charge in [-0.2, -0.15) is 0 Å². The van der Waals surface area contributed by atoms with Crippen LogP contribution in [0.25, 0.3) is 0 Å². The average molecular weight is 199 g/mol. The molecule has 2 unspecified atom stereocenters. The van der Waals surface area contributed by atoms with E-state index in [0.29, 0.717) is 18.0 Å². The first-order chi connectivity index (χ1) is 6.57. The highest BCUT2D eigenvalue weighted by Crippen LogP contribution is 2.40. The minimum atomic E-state index is -0.846. The summed E-state index contributed by atoms with van der Waals surface area (Å²) in [5, 5.41) is 3.49. The van der Waals surface area contributed by atoms with Gasteiger partial charge in [0.15, 0.2) is 0 Å². The van der Waals surface area contributed by atoms with Gasteiger partial charge in [-0.05, 0) is 44.4 Å². The maximum atomic E-state index is 14.4. The Morgan fingerprint density at radius 3 is 2.36 bits per heavy atom. The molecule has 2 rings (SSSR count). The molecular formula is C12H22FN. The lowest BCUT2D eigenvalue weighted by Crippen LogP contribution is -2.46. The normalized spacial score (nSPS) is 42.0. The van der Waals surface area contributed by atoms with Gasteiger partial charge in [0.25, 0.3) is 0 Å². The number of rotatable bonds is 3. The van der Waals surface area contributed by atoms with Crippen molar-refractivity contribution < 1.29 is 4.39 Å². The molecule has 2 heterocycles. The van der Waals surface area contributed by atoms with Crippen molar-refractivity contribution in [1.82, 2.24) is 5.32 Å². The van der Waals surface area contributed by atoms with Crippen molar-refractivity contribution in [3.05, 3.63) is 0 Å². The molecule has 1 nitrogen and oxygen atoms in total. The summed E-state index contributed by atoms with van der Waals surface area (Å²) >= 11 is 0. The van der Waals surface area contributed by atoms with Crippen LogP contribution in [0.2, 0.25) is 0 Å². The summed E-state index contributed by atoms with van der Waals surface area (Å²) in [6.07, 6.45) is 5.72. The summed E-state index contributed by atoms with van der Waals surface area (Å²) in [5.41, 5.74) is -0.846. The van der Waals surface area contributed by atoms with Gasteiger partial charge in [0.05, 0.1) is 0 Å². The molecule has 2 saturated heterocycles. The van der Waals surface area contributed by atoms with Crippen LogP contribution in [0.1, 0.15) is 52.4 Å². The molecule has 2 aliphatic heterocycles. The van der Waals surface area contributed by atoms with Crippen molar-refractivity contribution in [2.45, 2.75) is 70.1 Å². The zero-order chi connectivity index (χ0) is 10.2. The molecule has 1 N–H and O–H groups in total. The van der Waals surface area contributed by atoms with Gasteiger partial charge in [-0.3, -0.25) is 0 Å². The van der Waals surface area contributed by atoms with E-state index in [1.165, 1.54) is 12.8 Å². The van der Waals surface area contributed by atoms with Crippen molar-refractivity contribution in [1.29, 1.82) is 0 Å². The third kappa shape index (κ3) is 2.28. The summed E-state index contributed by atoms with van der Waals surface area (Å²) in [5.74, 6) is 0.634. The summed E-state index contributed by atoms with van der Waals surface area (Å²) in [6, 6.07) is 0.955. The van der Waals surface area contributed by atoms with Crippen molar-refractivity contribution in [2.24, 2.45) is 5.92 Å². The zero-order valence-electron chi connectivity index (χ0n) is 9.35. The third-order valence-corrected chi connectivity index (χ3v) is 3.73. The highest BCUT2D eigenvalue weighted by atomic mass is 19.1. The van der Waals surface area contributed by atoms with E-state index in [2.05, 4.69) is 19.2 Å². The number of alkyl halides is 1. The Kier molecular flexibility index (Phi) is 2.83. The number of nitrogens with one attached hydrogen (secondary N) is 1. The van der Waals surface area contributed by atoms with E-state index in [9.17, 15) is 4.39 Å². The molecule has 2 bridgehead atoms. The molecule has 0 radical (unpaired) electrons. The van der Waals surface area contributed by atoms with Gasteiger partial charge in [-0.15, -0.1) is 0 Å². The second-order valence-corrected chi connectivity index (χ2v) is 5.63. The summed E-state index contributed by atoms with van der Waals surface area (Å²) in [6.45, 7) is 4.36. The first-order valence-corrected chi connectivity index (χ1v) is 6.02. The molecule has 2 atom stereocenters. The van der Waals surface area contributed by atoms with Crippen LogP contribution < -0.4 is 5.32 Å². The zero-order valence-corrected chi connectivity index (χ0v) is 9.35. The summed E-state index contributed by atoms with van der Waals surface area (Å²) < 4.78 is 14.4. The molecule has 14 heavy (non-hydrogen) atoms. The second-order valence-electron chi connectivity index (χ2n) is 5.63. The van der Waals surface area contributed by atoms with Crippen molar-refractivity contribution in [3.8, 4) is 0 Å². The molecule has 0 aromatic heterocycles. The Balaban J connectivity index is 1.89. The summed E-state index contributed by atoms with van der Waals surface area (Å²) in [4.78, 5) is 0. The van der Waals surface area contributed by atoms with Crippen molar-refractivity contribution >= 4 is 0 Å². The van der Waals surface area contributed by atoms with Crippen LogP contribution in [0.15, 0.2) is 0 Å². The molecule has 0 saturated carbocycles. The van der Waals surface area contributed by atoms with Crippen LogP contribution in [0.4, 0.5) is 4.39 Å². The van der Waals surface area contributed by atoms with Gasteiger partial charge in [-0.1, -0.05) is 13.8 Å². The molecule has 0 spiro atoms. The molecule has 2 heteroatoms. The third-order valence-electron chi connectivity index (χ3n) is 3.73. The number of piperidine rings is 1. The van der Waals surface area contributed by atoms with Gasteiger partial charge in [0, 0.05) is 12.1 Å². The van der Waals surface area contributed by atoms with E-state index in [0.717, 1.165) is 25.7 Å². The predicted octanol–water partition coefficient (Wildman–Crippen LogP) is 3.05. The van der Waals surface area contributed by atoms with Gasteiger partial charge in [0.1, 0.15) is 5.67 Å². The van der Waals surface area contributed by atoms with Crippen LogP contribution >= 0.6 is 0 Å². The minimum Gasteiger partial charge on any atom is -0.311 e. The van der Waals surface area contributed by atoms with Crippen LogP contribution in [0.5, 0.6) is 0 Å². The molecule has 0 aromatic carbocycles. The number of halogens is 1. The fourth-order valence-electron chi connectivity index (χ4n) is 2.94. The van der Waals surface area contributed by atoms with Crippen LogP contribution in [-0.4, -0.2) is 17.8 Å². The molecular weight excluding hydrogens is 177 g/mol. The largest absolute Gasteiger partial charge is 0.311 e. The second kappa shape index (κ2) is 3.80. The first-order valence-electron chi connectivity index (χ1n) is 6.02. The van der Waals surface area contributed by atoms with E-state index in [4.69, 9.17) is 0 Å². The quantitative estimate of drug-likeness (QED) is 0.736. The van der Waals surface area contributed by atoms with E-state index >= 15 is 0 Å². The lowest BCUT2D eigenvalue weighted by atomic mass is 9.84. The Labute approximate surface area is 86.5 Å². The van der Waals surface area contributed by atoms with Crippen molar-refractivity contribution in [2.75, 3.05) is 0 Å². The Morgan fingerprint density at radius 2 is 1.86 bits per heavy atom. The fraction of sp³-hybridized carbons (Fsp3) is 1.00. The predicted molar refractivity (Wildman–Crippen MR) is 57.1 cm³/mol. The van der Waals surface area contributed by atoms with Gasteiger partial charge in [-0.25, -0.2) is 4.39 Å². The Hall–Kier alpha value is -0.110. The summed E-state index contributed by atoms with van der Waals surface area (Å²) in [7, 11) is 0. The lowest BCUT2D eigenvalue weighted by Gasteiger charge is -2.35. The standard InChI is InChI=1S/C12H22FN/c1-9(2)5-6-12(13)7-10-3-4-11(8-12)14-10/h9-11,14H,3-8H2,1-2H3. The Bertz CT molecular complexity index is 190. The van der Waals surface area contributed by atoms with E-state index in [-0.39, 0.29) is 0 Å². The molecule has 2 aliphatic rings. The first kappa shape index (κ1) is 10.4. The van der Waals surface area contributed by atoms with Crippen molar-refractivity contribution in [3.63, 3.8) is 0 Å². The molecule has 0 aromatic rings. The Morgan fingerprint density at radius 1 is 1.29 bits per heavy atom. The molecule has 0 amide bonds. The molecule has 0 aliphatic carbocycles. The van der Waals surface area contributed by atoms with Crippen LogP contribution in [-0.2, 0) is 0 Å². The van der Waals surface area contributed by atoms with E-state index in [1.54, 1.807) is 0 Å². The number of hydrogen-bond donors (Lipinski definition) is 1. The van der Waals surface area contributed by atoms with Crippen LogP contribution in [0, 0.1) is 5.92 Å². The maximum absolute atomic E-state index is 14.4. The smallest absolute Gasteiger partial charge is 0.114 e. The highest BCUT2D eigenvalue weighted by Gasteiger charge is 2.43. The van der Waals surface area contributed by atoms with Gasteiger partial charge in [0.2, 0.25) is 0 Å². The lowest BCUT2D eigenvalue weighted by molar-refractivity contribution is 0.0733. The van der Waals surface area contributed by atoms with Crippen LogP contribution in [0.3, 0.4) is 0 Å². The number of hydrogen-bond acceptors (Lipinski definition) is 1. The molecule has 2 fully saturated rings. The SMILES string of the molecule is CC(C)CCC1(F)CC2CCC(C1)N2. The fourth-order valence-corrected chi connectivity index (χ4v) is 2.94. The minimum absolute atomic E-state index is 0.478. The topological polar surface area (TPSA) is 12.0 Å². The highest BCUT2D eigenvalue weighted by molar-refractivity contribution is 5.00. The monoisotopic (exact) mass is 199 g/mol. The molecule has 82 valence electrons. The maximum Gasteiger partial charge on any atom is 0.114 e. The number of fused-ring (bicyclic) bond motifs is 2. The van der Waals surface area contributed by atoms with E-state index in [1.807, 2.05) is 0 Å². The average Bonchev–Trinajstić information content (AvgIpc) is 2.43. The van der Waals surface area contributed by atoms with Gasteiger partial charge < -0.3 is 5.32 Å².